The number of halogens is 3. The summed E-state index contributed by atoms with van der Waals surface area (Å²) in [5.74, 6) is -0.500. The van der Waals surface area contributed by atoms with Gasteiger partial charge in [0.15, 0.2) is 5.01 Å². The molecule has 1 aliphatic heterocycles. The Labute approximate surface area is 184 Å². The largest absolute Gasteiger partial charge is 0.416 e. The number of nitrogens with zero attached hydrogens (tertiary/aromatic N) is 5. The van der Waals surface area contributed by atoms with Crippen LogP contribution in [0.25, 0.3) is 10.7 Å². The number of anilines is 1. The Morgan fingerprint density at radius 1 is 0.969 bits per heavy atom. The van der Waals surface area contributed by atoms with Crippen LogP contribution in [-0.2, 0) is 6.18 Å². The number of pyridine rings is 1. The molecule has 0 spiro atoms. The number of hydrogen-bond acceptors (Lipinski definition) is 6. The monoisotopic (exact) mass is 462 g/mol. The maximum Gasteiger partial charge on any atom is 0.416 e. The van der Waals surface area contributed by atoms with Gasteiger partial charge in [0.1, 0.15) is 5.69 Å². The molecule has 1 aliphatic rings. The van der Waals surface area contributed by atoms with E-state index in [4.69, 9.17) is 0 Å². The Morgan fingerprint density at radius 2 is 1.72 bits per heavy atom. The first-order chi connectivity index (χ1) is 15.3. The third kappa shape index (κ3) is 4.85. The average molecular weight is 462 g/mol. The van der Waals surface area contributed by atoms with Crippen LogP contribution in [-0.4, -0.2) is 63.1 Å². The molecule has 3 amide bonds. The quantitative estimate of drug-likeness (QED) is 0.642. The van der Waals surface area contributed by atoms with E-state index in [1.54, 1.807) is 18.3 Å². The number of aromatic nitrogens is 3. The highest BCUT2D eigenvalue weighted by molar-refractivity contribution is 7.18. The van der Waals surface area contributed by atoms with Gasteiger partial charge in [0.25, 0.3) is 5.91 Å². The minimum atomic E-state index is -4.52. The van der Waals surface area contributed by atoms with E-state index in [1.165, 1.54) is 33.3 Å². The van der Waals surface area contributed by atoms with Crippen LogP contribution in [0.5, 0.6) is 0 Å². The van der Waals surface area contributed by atoms with Crippen LogP contribution in [0.4, 0.5) is 23.1 Å². The zero-order chi connectivity index (χ0) is 22.7. The first-order valence-corrected chi connectivity index (χ1v) is 10.4. The van der Waals surface area contributed by atoms with Crippen LogP contribution in [0.2, 0.25) is 0 Å². The molecule has 0 unspecified atom stereocenters. The number of rotatable bonds is 3. The Balaban J connectivity index is 1.33. The summed E-state index contributed by atoms with van der Waals surface area (Å²) in [5.41, 5.74) is -0.260. The van der Waals surface area contributed by atoms with Crippen molar-refractivity contribution < 1.29 is 22.8 Å². The number of benzene rings is 1. The van der Waals surface area contributed by atoms with Gasteiger partial charge in [0.05, 0.1) is 5.56 Å². The summed E-state index contributed by atoms with van der Waals surface area (Å²) in [5, 5.41) is 11.5. The molecule has 1 saturated heterocycles. The number of carbonyl (C=O) groups excluding carboxylic acids is 2. The van der Waals surface area contributed by atoms with Crippen LogP contribution in [0, 0.1) is 0 Å². The highest BCUT2D eigenvalue weighted by atomic mass is 32.1. The summed E-state index contributed by atoms with van der Waals surface area (Å²) in [7, 11) is 0. The van der Waals surface area contributed by atoms with Crippen molar-refractivity contribution in [2.75, 3.05) is 31.5 Å². The van der Waals surface area contributed by atoms with E-state index in [0.717, 1.165) is 12.1 Å². The molecule has 1 fully saturated rings. The molecule has 0 atom stereocenters. The predicted octanol–water partition coefficient (Wildman–Crippen LogP) is 3.61. The number of amides is 3. The van der Waals surface area contributed by atoms with Gasteiger partial charge in [-0.25, -0.2) is 4.79 Å². The number of nitrogens with one attached hydrogen (secondary N) is 1. The van der Waals surface area contributed by atoms with Gasteiger partial charge in [-0.15, -0.1) is 10.2 Å². The molecule has 4 rings (SSSR count). The van der Waals surface area contributed by atoms with E-state index in [9.17, 15) is 22.8 Å². The summed E-state index contributed by atoms with van der Waals surface area (Å²) in [6.45, 7) is 0.889. The molecule has 12 heteroatoms. The summed E-state index contributed by atoms with van der Waals surface area (Å²) >= 11 is 1.18. The smallest absolute Gasteiger partial charge is 0.335 e. The van der Waals surface area contributed by atoms with Gasteiger partial charge in [-0.2, -0.15) is 13.2 Å². The molecular weight excluding hydrogens is 445 g/mol. The lowest BCUT2D eigenvalue weighted by Crippen LogP contribution is -2.51. The predicted molar refractivity (Wildman–Crippen MR) is 111 cm³/mol. The van der Waals surface area contributed by atoms with E-state index >= 15 is 0 Å². The van der Waals surface area contributed by atoms with Crippen molar-refractivity contribution in [1.29, 1.82) is 0 Å². The van der Waals surface area contributed by atoms with Crippen LogP contribution in [0.1, 0.15) is 15.9 Å². The summed E-state index contributed by atoms with van der Waals surface area (Å²) in [4.78, 5) is 32.3. The van der Waals surface area contributed by atoms with Crippen molar-refractivity contribution in [2.45, 2.75) is 6.18 Å². The zero-order valence-electron chi connectivity index (χ0n) is 16.5. The fourth-order valence-corrected chi connectivity index (χ4v) is 3.87. The highest BCUT2D eigenvalue weighted by Gasteiger charge is 2.32. The van der Waals surface area contributed by atoms with E-state index < -0.39 is 17.6 Å². The molecule has 32 heavy (non-hydrogen) atoms. The van der Waals surface area contributed by atoms with Gasteiger partial charge in [-0.3, -0.25) is 15.1 Å². The molecule has 166 valence electrons. The van der Waals surface area contributed by atoms with Crippen molar-refractivity contribution >= 4 is 28.4 Å². The number of hydrogen-bond donors (Lipinski definition) is 1. The van der Waals surface area contributed by atoms with Gasteiger partial charge in [-0.1, -0.05) is 23.5 Å². The number of urea groups is 1. The minimum Gasteiger partial charge on any atom is -0.335 e. The first kappa shape index (κ1) is 21.7. The standard InChI is InChI=1S/C20H17F3N6O2S/c21-20(22,23)14-5-3-4-13(12-14)17(30)28-8-10-29(11-9-28)19(31)25-18-27-26-16(32-18)15-6-1-2-7-24-15/h1-7,12H,8-11H2,(H,25,27,31). The molecule has 0 radical (unpaired) electrons. The molecule has 3 aromatic rings. The Morgan fingerprint density at radius 3 is 2.41 bits per heavy atom. The lowest BCUT2D eigenvalue weighted by molar-refractivity contribution is -0.137. The minimum absolute atomic E-state index is 0.0337. The molecule has 2 aromatic heterocycles. The lowest BCUT2D eigenvalue weighted by Gasteiger charge is -2.34. The Bertz CT molecular complexity index is 1110. The van der Waals surface area contributed by atoms with Crippen LogP contribution in [0.15, 0.2) is 48.7 Å². The molecule has 3 heterocycles. The third-order valence-electron chi connectivity index (χ3n) is 4.81. The first-order valence-electron chi connectivity index (χ1n) is 9.58. The second-order valence-corrected chi connectivity index (χ2v) is 7.89. The van der Waals surface area contributed by atoms with E-state index in [2.05, 4.69) is 20.5 Å². The SMILES string of the molecule is O=C(Nc1nnc(-c2ccccn2)s1)N1CCN(C(=O)c2cccc(C(F)(F)F)c2)CC1. The molecule has 0 saturated carbocycles. The van der Waals surface area contributed by atoms with Crippen LogP contribution < -0.4 is 5.32 Å². The summed E-state index contributed by atoms with van der Waals surface area (Å²) in [6.07, 6.45) is -2.89. The Kier molecular flexibility index (Phi) is 6.04. The highest BCUT2D eigenvalue weighted by Crippen LogP contribution is 2.30. The normalized spacial score (nSPS) is 14.3. The maximum absolute atomic E-state index is 12.9. The second-order valence-electron chi connectivity index (χ2n) is 6.92. The van der Waals surface area contributed by atoms with E-state index in [1.807, 2.05) is 6.07 Å². The summed E-state index contributed by atoms with van der Waals surface area (Å²) < 4.78 is 38.7. The molecule has 0 bridgehead atoms. The molecule has 8 nitrogen and oxygen atoms in total. The van der Waals surface area contributed by atoms with Crippen LogP contribution >= 0.6 is 11.3 Å². The van der Waals surface area contributed by atoms with Crippen molar-refractivity contribution in [1.82, 2.24) is 25.0 Å². The van der Waals surface area contributed by atoms with E-state index in [-0.39, 0.29) is 37.8 Å². The van der Waals surface area contributed by atoms with Crippen molar-refractivity contribution in [2.24, 2.45) is 0 Å². The second kappa shape index (κ2) is 8.91. The average Bonchev–Trinajstić information content (AvgIpc) is 3.27. The van der Waals surface area contributed by atoms with Crippen LogP contribution in [0.3, 0.4) is 0 Å². The third-order valence-corrected chi connectivity index (χ3v) is 5.68. The summed E-state index contributed by atoms with van der Waals surface area (Å²) in [6, 6.07) is 9.33. The topological polar surface area (TPSA) is 91.3 Å². The fraction of sp³-hybridized carbons (Fsp3) is 0.250. The molecule has 1 N–H and O–H groups in total. The van der Waals surface area contributed by atoms with Gasteiger partial charge >= 0.3 is 12.2 Å². The Hall–Kier alpha value is -3.54. The molecular formula is C20H17F3N6O2S. The zero-order valence-corrected chi connectivity index (χ0v) is 17.4. The van der Waals surface area contributed by atoms with Gasteiger partial charge in [0.2, 0.25) is 5.13 Å². The molecule has 0 aliphatic carbocycles. The number of alkyl halides is 3. The van der Waals surface area contributed by atoms with E-state index in [0.29, 0.717) is 15.8 Å². The fourth-order valence-electron chi connectivity index (χ4n) is 3.16. The number of carbonyl (C=O) groups is 2. The number of piperazine rings is 1. The van der Waals surface area contributed by atoms with Crippen molar-refractivity contribution in [3.63, 3.8) is 0 Å². The maximum atomic E-state index is 12.9. The van der Waals surface area contributed by atoms with Gasteiger partial charge in [0, 0.05) is 37.9 Å². The van der Waals surface area contributed by atoms with Crippen molar-refractivity contribution in [3.8, 4) is 10.7 Å². The van der Waals surface area contributed by atoms with Gasteiger partial charge in [-0.05, 0) is 30.3 Å². The van der Waals surface area contributed by atoms with Gasteiger partial charge < -0.3 is 9.80 Å². The molecule has 1 aromatic carbocycles. The lowest BCUT2D eigenvalue weighted by atomic mass is 10.1. The van der Waals surface area contributed by atoms with Crippen molar-refractivity contribution in [3.05, 3.63) is 59.8 Å².